The van der Waals surface area contributed by atoms with Gasteiger partial charge in [-0.3, -0.25) is 19.5 Å². The Morgan fingerprint density at radius 1 is 1.22 bits per heavy atom. The van der Waals surface area contributed by atoms with Crippen molar-refractivity contribution < 1.29 is 23.9 Å². The number of para-hydroxylation sites is 1. The number of ether oxygens (including phenoxy) is 1. The fraction of sp³-hybridized carbons (Fsp3) is 0.167. The highest BCUT2D eigenvalue weighted by atomic mass is 32.2. The van der Waals surface area contributed by atoms with Crippen LogP contribution >= 0.6 is 11.8 Å². The number of aromatic amines is 1. The Bertz CT molecular complexity index is 949. The lowest BCUT2D eigenvalue weighted by Crippen LogP contribution is -2.18. The third kappa shape index (κ3) is 3.98. The molecule has 1 aromatic carbocycles. The minimum Gasteiger partial charge on any atom is -0.464 e. The van der Waals surface area contributed by atoms with Gasteiger partial charge in [-0.25, -0.2) is 4.79 Å². The minimum atomic E-state index is -0.804. The van der Waals surface area contributed by atoms with Crippen LogP contribution in [-0.2, 0) is 9.53 Å². The van der Waals surface area contributed by atoms with Gasteiger partial charge in [-0.1, -0.05) is 18.2 Å². The Kier molecular flexibility index (Phi) is 5.51. The van der Waals surface area contributed by atoms with Gasteiger partial charge in [0.1, 0.15) is 5.69 Å². The van der Waals surface area contributed by atoms with E-state index in [9.17, 15) is 19.2 Å². The second-order valence-electron chi connectivity index (χ2n) is 5.53. The summed E-state index contributed by atoms with van der Waals surface area (Å²) in [6.45, 7) is 0. The van der Waals surface area contributed by atoms with Crippen molar-refractivity contribution >= 4 is 40.9 Å². The second-order valence-corrected chi connectivity index (χ2v) is 6.67. The molecule has 1 heterocycles. The van der Waals surface area contributed by atoms with Gasteiger partial charge >= 0.3 is 5.97 Å². The van der Waals surface area contributed by atoms with Crippen molar-refractivity contribution in [3.8, 4) is 0 Å². The number of allylic oxidation sites excluding steroid dienone is 2. The quantitative estimate of drug-likeness (QED) is 0.732. The van der Waals surface area contributed by atoms with Gasteiger partial charge in [0.05, 0.1) is 17.6 Å². The molecule has 1 aromatic heterocycles. The molecule has 0 unspecified atom stereocenters. The normalized spacial score (nSPS) is 13.0. The number of rotatable bonds is 6. The van der Waals surface area contributed by atoms with Crippen LogP contribution in [0.2, 0.25) is 0 Å². The molecule has 0 aliphatic heterocycles. The lowest BCUT2D eigenvalue weighted by atomic mass is 9.99. The zero-order valence-electron chi connectivity index (χ0n) is 14.3. The van der Waals surface area contributed by atoms with Gasteiger partial charge in [0.2, 0.25) is 17.5 Å². The number of H-pyrrole nitrogens is 1. The van der Waals surface area contributed by atoms with Crippen molar-refractivity contribution in [2.75, 3.05) is 18.2 Å². The van der Waals surface area contributed by atoms with E-state index in [1.807, 2.05) is 18.2 Å². The summed E-state index contributed by atoms with van der Waals surface area (Å²) >= 11 is 1.08. The number of hydrogen-bond acceptors (Lipinski definition) is 7. The van der Waals surface area contributed by atoms with Crippen LogP contribution in [0.5, 0.6) is 0 Å². The monoisotopic (exact) mass is 385 g/mol. The number of benzene rings is 1. The van der Waals surface area contributed by atoms with Crippen molar-refractivity contribution in [1.82, 2.24) is 10.2 Å². The molecule has 2 N–H and O–H groups in total. The zero-order valence-corrected chi connectivity index (χ0v) is 15.1. The molecule has 0 atom stereocenters. The number of nitrogens with zero attached hydrogens (tertiary/aromatic N) is 1. The first-order valence-electron chi connectivity index (χ1n) is 7.96. The van der Waals surface area contributed by atoms with Gasteiger partial charge in [-0.15, -0.1) is 11.8 Å². The Morgan fingerprint density at radius 3 is 2.67 bits per heavy atom. The van der Waals surface area contributed by atoms with Crippen molar-refractivity contribution in [1.29, 1.82) is 0 Å². The van der Waals surface area contributed by atoms with Gasteiger partial charge in [-0.05, 0) is 12.1 Å². The molecule has 0 fully saturated rings. The number of fused-ring (bicyclic) bond motifs is 1. The maximum absolute atomic E-state index is 12.6. The number of methoxy groups -OCH3 is 1. The summed E-state index contributed by atoms with van der Waals surface area (Å²) in [6.07, 6.45) is 1.34. The molecule has 0 saturated heterocycles. The SMILES string of the molecule is COC(=O)c1n[nH]c2c1C(=O)C(SCCC(=O)Nc1ccccc1)=CC2=O. The molecular formula is C18H15N3O5S. The first-order valence-corrected chi connectivity index (χ1v) is 8.95. The van der Waals surface area contributed by atoms with E-state index in [2.05, 4.69) is 20.3 Å². The minimum absolute atomic E-state index is 0.0356. The van der Waals surface area contributed by atoms with E-state index >= 15 is 0 Å². The average molecular weight is 385 g/mol. The highest BCUT2D eigenvalue weighted by Crippen LogP contribution is 2.30. The van der Waals surface area contributed by atoms with E-state index in [4.69, 9.17) is 0 Å². The molecule has 0 bridgehead atoms. The Labute approximate surface area is 158 Å². The number of amides is 1. The van der Waals surface area contributed by atoms with Crippen LogP contribution in [0.15, 0.2) is 41.3 Å². The van der Waals surface area contributed by atoms with Crippen LogP contribution in [0.1, 0.15) is 37.8 Å². The molecule has 1 aliphatic carbocycles. The summed E-state index contributed by atoms with van der Waals surface area (Å²) in [5.74, 6) is -1.66. The number of nitrogens with one attached hydrogen (secondary N) is 2. The maximum atomic E-state index is 12.6. The molecule has 27 heavy (non-hydrogen) atoms. The van der Waals surface area contributed by atoms with E-state index in [1.165, 1.54) is 6.08 Å². The Morgan fingerprint density at radius 2 is 1.96 bits per heavy atom. The highest BCUT2D eigenvalue weighted by Gasteiger charge is 2.34. The number of esters is 1. The van der Waals surface area contributed by atoms with Gasteiger partial charge < -0.3 is 10.1 Å². The van der Waals surface area contributed by atoms with Crippen LogP contribution in [0, 0.1) is 0 Å². The number of aromatic nitrogens is 2. The lowest BCUT2D eigenvalue weighted by molar-refractivity contribution is -0.115. The summed E-state index contributed by atoms with van der Waals surface area (Å²) in [4.78, 5) is 48.6. The van der Waals surface area contributed by atoms with Gasteiger partial charge in [0.15, 0.2) is 5.69 Å². The fourth-order valence-corrected chi connectivity index (χ4v) is 3.40. The fourth-order valence-electron chi connectivity index (χ4n) is 2.47. The molecule has 1 amide bonds. The molecule has 0 spiro atoms. The molecule has 9 heteroatoms. The third-order valence-electron chi connectivity index (χ3n) is 3.75. The summed E-state index contributed by atoms with van der Waals surface area (Å²) in [7, 11) is 1.16. The Balaban J connectivity index is 1.64. The molecule has 0 saturated carbocycles. The van der Waals surface area contributed by atoms with E-state index < -0.39 is 17.5 Å². The van der Waals surface area contributed by atoms with E-state index in [1.54, 1.807) is 12.1 Å². The average Bonchev–Trinajstić information content (AvgIpc) is 3.12. The predicted octanol–water partition coefficient (Wildman–Crippen LogP) is 2.22. The van der Waals surface area contributed by atoms with Gasteiger partial charge in [-0.2, -0.15) is 5.10 Å². The largest absolute Gasteiger partial charge is 0.464 e. The van der Waals surface area contributed by atoms with Crippen molar-refractivity contribution in [2.45, 2.75) is 6.42 Å². The van der Waals surface area contributed by atoms with Gasteiger partial charge in [0, 0.05) is 23.9 Å². The number of Topliss-reactive ketones (excluding diaryl/α,β-unsaturated/α-hetero) is 1. The number of ketones is 2. The number of anilines is 1. The predicted molar refractivity (Wildman–Crippen MR) is 98.8 cm³/mol. The van der Waals surface area contributed by atoms with Gasteiger partial charge in [0.25, 0.3) is 0 Å². The van der Waals surface area contributed by atoms with Crippen LogP contribution in [0.3, 0.4) is 0 Å². The third-order valence-corrected chi connectivity index (χ3v) is 4.77. The van der Waals surface area contributed by atoms with Crippen LogP contribution < -0.4 is 5.32 Å². The number of hydrogen-bond donors (Lipinski definition) is 2. The van der Waals surface area contributed by atoms with Crippen LogP contribution in [-0.4, -0.2) is 46.5 Å². The summed E-state index contributed by atoms with van der Waals surface area (Å²) in [5.41, 5.74) is 0.331. The summed E-state index contributed by atoms with van der Waals surface area (Å²) < 4.78 is 4.58. The zero-order chi connectivity index (χ0) is 19.4. The maximum Gasteiger partial charge on any atom is 0.359 e. The number of carbonyl (C=O) groups excluding carboxylic acids is 4. The summed E-state index contributed by atoms with van der Waals surface area (Å²) in [6, 6.07) is 9.00. The molecule has 0 radical (unpaired) electrons. The molecule has 1 aliphatic rings. The second kappa shape index (κ2) is 8.00. The molecule has 3 rings (SSSR count). The smallest absolute Gasteiger partial charge is 0.359 e. The standard InChI is InChI=1S/C18H15N3O5S/c1-26-18(25)16-14-15(20-21-16)11(22)9-12(17(14)24)27-8-7-13(23)19-10-5-3-2-4-6-10/h2-6,9H,7-8H2,1H3,(H,19,23)(H,20,21). The molecular weight excluding hydrogens is 370 g/mol. The summed E-state index contributed by atoms with van der Waals surface area (Å²) in [5, 5.41) is 8.86. The number of carbonyl (C=O) groups is 4. The van der Waals surface area contributed by atoms with E-state index in [-0.39, 0.29) is 34.2 Å². The molecule has 138 valence electrons. The van der Waals surface area contributed by atoms with Crippen LogP contribution in [0.4, 0.5) is 5.69 Å². The Hall–Kier alpha value is -3.20. The first kappa shape index (κ1) is 18.6. The first-order chi connectivity index (χ1) is 13.0. The van der Waals surface area contributed by atoms with Crippen LogP contribution in [0.25, 0.3) is 0 Å². The topological polar surface area (TPSA) is 118 Å². The van der Waals surface area contributed by atoms with E-state index in [0.29, 0.717) is 11.4 Å². The highest BCUT2D eigenvalue weighted by molar-refractivity contribution is 8.04. The molecule has 2 aromatic rings. The lowest BCUT2D eigenvalue weighted by Gasteiger charge is -2.11. The molecule has 8 nitrogen and oxygen atoms in total. The van der Waals surface area contributed by atoms with E-state index in [0.717, 1.165) is 18.9 Å². The van der Waals surface area contributed by atoms with Crippen molar-refractivity contribution in [2.24, 2.45) is 0 Å². The van der Waals surface area contributed by atoms with Crippen molar-refractivity contribution in [3.63, 3.8) is 0 Å². The number of thioether (sulfide) groups is 1. The van der Waals surface area contributed by atoms with Crippen molar-refractivity contribution in [3.05, 3.63) is 58.3 Å².